The standard InChI is InChI=1S/C48H75N15O11S2/c1-4-74-28-17-15-26(16-18-28)22-31-40(66)57-29(12-7-19-55-47(51)52)39(65)62-37(25(2)3)44(70)60-32(23-35(49)64)41(67)61-33(24-75-76-38(27-10-5-6-11-27)36(50)43(69)59-31)45(71)63-21-9-14-34(63)42(68)58-30(46(72)73)13-8-20-56-48(53)54/h15-18,25,29-34,36-37H,4-14,19-24,50H2,1-3H3,(H2,49,64)(H,57,66)(H,58,68)(H,59,69)(H,60,70)(H,61,67)(H,62,65)(H,72,73)(H4,51,52,55)(H4,53,54,56)/t29?,30-,31?,32-,33?,34-,36-,37-/m0/s1. The van der Waals surface area contributed by atoms with Crippen molar-refractivity contribution in [3.63, 3.8) is 0 Å². The van der Waals surface area contributed by atoms with Crippen LogP contribution in [-0.4, -0.2) is 155 Å². The smallest absolute Gasteiger partial charge is 0.326 e. The number of carbonyl (C=O) groups is 9. The number of primary amides is 1. The van der Waals surface area contributed by atoms with Crippen molar-refractivity contribution in [2.24, 2.45) is 50.3 Å². The van der Waals surface area contributed by atoms with E-state index in [9.17, 15) is 48.3 Å². The Labute approximate surface area is 449 Å². The number of hydrogen-bond acceptors (Lipinski definition) is 15. The topological polar surface area (TPSA) is 439 Å². The number of guanidine groups is 2. The van der Waals surface area contributed by atoms with Crippen LogP contribution >= 0.6 is 21.6 Å². The summed E-state index contributed by atoms with van der Waals surface area (Å²) in [5.74, 6) is -8.75. The van der Waals surface area contributed by atoms with Gasteiger partial charge in [-0.25, -0.2) is 4.79 Å². The fraction of sp³-hybridized carbons (Fsp3) is 0.604. The molecule has 3 aliphatic rings. The van der Waals surface area contributed by atoms with E-state index in [0.717, 1.165) is 40.0 Å². The third kappa shape index (κ3) is 19.4. The van der Waals surface area contributed by atoms with E-state index in [-0.39, 0.29) is 75.8 Å². The summed E-state index contributed by atoms with van der Waals surface area (Å²) in [5.41, 5.74) is 35.8. The molecule has 0 aromatic heterocycles. The Bertz CT molecular complexity index is 2320. The summed E-state index contributed by atoms with van der Waals surface area (Å²) in [6.07, 6.45) is 2.79. The number of nitrogens with two attached hydrogens (primary N) is 6. The van der Waals surface area contributed by atoms with Gasteiger partial charge >= 0.3 is 5.97 Å². The van der Waals surface area contributed by atoms with Gasteiger partial charge in [0.05, 0.1) is 13.0 Å². The lowest BCUT2D eigenvalue weighted by Gasteiger charge is -2.31. The largest absolute Gasteiger partial charge is 0.494 e. The molecule has 0 bridgehead atoms. The summed E-state index contributed by atoms with van der Waals surface area (Å²) in [6, 6.07) is -4.14. The Morgan fingerprint density at radius 3 is 2.01 bits per heavy atom. The Morgan fingerprint density at radius 2 is 1.41 bits per heavy atom. The molecule has 2 heterocycles. The first-order chi connectivity index (χ1) is 36.1. The molecule has 0 spiro atoms. The average molecular weight is 1100 g/mol. The third-order valence-corrected chi connectivity index (χ3v) is 15.3. The van der Waals surface area contributed by atoms with Gasteiger partial charge in [0.25, 0.3) is 0 Å². The normalized spacial score (nSPS) is 23.7. The number of nitrogens with one attached hydrogen (secondary N) is 6. The molecule has 2 saturated heterocycles. The van der Waals surface area contributed by atoms with Crippen molar-refractivity contribution in [3.8, 4) is 5.75 Å². The summed E-state index contributed by atoms with van der Waals surface area (Å²) < 4.78 is 5.60. The highest BCUT2D eigenvalue weighted by Gasteiger charge is 2.41. The van der Waals surface area contributed by atoms with Gasteiger partial charge in [0.15, 0.2) is 11.9 Å². The molecule has 1 aromatic carbocycles. The van der Waals surface area contributed by atoms with E-state index in [1.165, 1.54) is 4.90 Å². The number of aliphatic imine (C=N–C) groups is 2. The lowest BCUT2D eigenvalue weighted by Crippen LogP contribution is -2.61. The number of carboxylic acid groups (broad SMARTS) is 1. The van der Waals surface area contributed by atoms with Gasteiger partial charge in [-0.2, -0.15) is 0 Å². The molecular weight excluding hydrogens is 1030 g/mol. The fourth-order valence-corrected chi connectivity index (χ4v) is 11.5. The van der Waals surface area contributed by atoms with Gasteiger partial charge in [-0.3, -0.25) is 48.3 Å². The Hall–Kier alpha value is -6.81. The van der Waals surface area contributed by atoms with Crippen molar-refractivity contribution in [2.45, 2.75) is 146 Å². The van der Waals surface area contributed by atoms with Crippen LogP contribution in [0.25, 0.3) is 0 Å². The number of likely N-dealkylation sites (tertiary alicyclic amines) is 1. The number of rotatable bonds is 19. The minimum atomic E-state index is -1.69. The van der Waals surface area contributed by atoms with Crippen LogP contribution in [0.4, 0.5) is 0 Å². The molecule has 26 nitrogen and oxygen atoms in total. The molecule has 2 aliphatic heterocycles. The van der Waals surface area contributed by atoms with Gasteiger partial charge in [-0.15, -0.1) is 0 Å². The van der Waals surface area contributed by atoms with E-state index in [2.05, 4.69) is 41.9 Å². The van der Waals surface area contributed by atoms with Crippen LogP contribution in [0.3, 0.4) is 0 Å². The van der Waals surface area contributed by atoms with Gasteiger partial charge in [0, 0.05) is 36.7 Å². The van der Waals surface area contributed by atoms with Crippen molar-refractivity contribution in [1.82, 2.24) is 36.8 Å². The SMILES string of the molecule is CCOc1ccc(CC2NC(=O)[C@@H](N)C(=C3CCCC3)SSCC(C(=O)N3CCC[C@H]3C(=O)N[C@@H](CCCN=C(N)N)C(=O)O)NC(=O)[C@H](CC(N)=O)NC(=O)[C@H](C(C)C)NC(=O)C(CCCN=C(N)N)NC2=O)cc1. The van der Waals surface area contributed by atoms with E-state index >= 15 is 0 Å². The molecule has 420 valence electrons. The second-order valence-corrected chi connectivity index (χ2v) is 21.3. The van der Waals surface area contributed by atoms with Crippen molar-refractivity contribution < 1.29 is 53.0 Å². The average Bonchev–Trinajstić information content (AvgIpc) is 4.09. The number of ether oxygens (including phenoxy) is 1. The molecule has 19 N–H and O–H groups in total. The highest BCUT2D eigenvalue weighted by atomic mass is 33.1. The molecule has 28 heteroatoms. The summed E-state index contributed by atoms with van der Waals surface area (Å²) in [4.78, 5) is 135. The van der Waals surface area contributed by atoms with Crippen LogP contribution < -0.4 is 71.0 Å². The Balaban J connectivity index is 1.78. The molecule has 3 fully saturated rings. The summed E-state index contributed by atoms with van der Waals surface area (Å²) in [6.45, 7) is 5.68. The zero-order valence-electron chi connectivity index (χ0n) is 43.2. The van der Waals surface area contributed by atoms with Gasteiger partial charge < -0.3 is 81.0 Å². The number of carbonyl (C=O) groups excluding carboxylic acids is 8. The summed E-state index contributed by atoms with van der Waals surface area (Å²) in [7, 11) is 2.16. The highest BCUT2D eigenvalue weighted by Crippen LogP contribution is 2.40. The van der Waals surface area contributed by atoms with Crippen molar-refractivity contribution >= 4 is 86.7 Å². The van der Waals surface area contributed by atoms with Crippen LogP contribution in [0.15, 0.2) is 44.7 Å². The molecule has 1 aromatic rings. The molecule has 1 saturated carbocycles. The first-order valence-electron chi connectivity index (χ1n) is 25.3. The van der Waals surface area contributed by atoms with Gasteiger partial charge in [-0.1, -0.05) is 53.1 Å². The first-order valence-corrected chi connectivity index (χ1v) is 27.6. The predicted molar refractivity (Wildman–Crippen MR) is 287 cm³/mol. The maximum absolute atomic E-state index is 14.8. The molecule has 1 aliphatic carbocycles. The fourth-order valence-electron chi connectivity index (χ4n) is 8.74. The van der Waals surface area contributed by atoms with Crippen LogP contribution in [-0.2, 0) is 49.6 Å². The lowest BCUT2D eigenvalue weighted by molar-refractivity contribution is -0.145. The molecular formula is C48H75N15O11S2. The molecule has 76 heavy (non-hydrogen) atoms. The lowest BCUT2D eigenvalue weighted by atomic mass is 10.0. The number of nitrogens with zero attached hydrogens (tertiary/aromatic N) is 3. The highest BCUT2D eigenvalue weighted by molar-refractivity contribution is 8.78. The van der Waals surface area contributed by atoms with Crippen molar-refractivity contribution in [3.05, 3.63) is 40.3 Å². The second-order valence-electron chi connectivity index (χ2n) is 18.9. The quantitative estimate of drug-likeness (QED) is 0.0303. The molecule has 4 rings (SSSR count). The van der Waals surface area contributed by atoms with E-state index in [4.69, 9.17) is 39.1 Å². The van der Waals surface area contributed by atoms with E-state index in [0.29, 0.717) is 42.1 Å². The van der Waals surface area contributed by atoms with Crippen LogP contribution in [0, 0.1) is 5.92 Å². The van der Waals surface area contributed by atoms with E-state index < -0.39 is 114 Å². The monoisotopic (exact) mass is 1100 g/mol. The number of carboxylic acids is 1. The van der Waals surface area contributed by atoms with Crippen LogP contribution in [0.5, 0.6) is 5.75 Å². The number of aliphatic carboxylic acids is 1. The molecule has 8 amide bonds. The van der Waals surface area contributed by atoms with E-state index in [1.807, 2.05) is 6.92 Å². The maximum atomic E-state index is 14.8. The summed E-state index contributed by atoms with van der Waals surface area (Å²) in [5, 5.41) is 25.9. The number of amides is 8. The van der Waals surface area contributed by atoms with Gasteiger partial charge in [0.1, 0.15) is 54.1 Å². The van der Waals surface area contributed by atoms with Gasteiger partial charge in [-0.05, 0) is 94.7 Å². The maximum Gasteiger partial charge on any atom is 0.326 e. The van der Waals surface area contributed by atoms with E-state index in [1.54, 1.807) is 38.1 Å². The Morgan fingerprint density at radius 1 is 0.803 bits per heavy atom. The van der Waals surface area contributed by atoms with Gasteiger partial charge in [0.2, 0.25) is 47.3 Å². The minimum absolute atomic E-state index is 0.0325. The molecule has 0 radical (unpaired) electrons. The zero-order chi connectivity index (χ0) is 56.1. The van der Waals surface area contributed by atoms with Crippen LogP contribution in [0.2, 0.25) is 0 Å². The second kappa shape index (κ2) is 30.7. The number of allylic oxidation sites excluding steroid dienone is 1. The molecule has 3 unspecified atom stereocenters. The minimum Gasteiger partial charge on any atom is -0.494 e. The first kappa shape index (κ1) is 61.7. The van der Waals surface area contributed by atoms with Crippen molar-refractivity contribution in [2.75, 3.05) is 32.0 Å². The zero-order valence-corrected chi connectivity index (χ0v) is 44.8. The third-order valence-electron chi connectivity index (χ3n) is 12.7. The van der Waals surface area contributed by atoms with Crippen LogP contribution in [0.1, 0.15) is 97.0 Å². The molecule has 8 atom stereocenters. The predicted octanol–water partition coefficient (Wildman–Crippen LogP) is -2.20. The number of benzene rings is 1. The van der Waals surface area contributed by atoms with Crippen molar-refractivity contribution in [1.29, 1.82) is 0 Å². The Kier molecular flexibility index (Phi) is 24.9. The summed E-state index contributed by atoms with van der Waals surface area (Å²) >= 11 is 0. The number of hydrogen-bond donors (Lipinski definition) is 13.